The summed E-state index contributed by atoms with van der Waals surface area (Å²) in [6, 6.07) is 2.71. The smallest absolute Gasteiger partial charge is 0.156 e. The molecule has 3 heterocycles. The molecule has 1 aromatic carbocycles. The van der Waals surface area contributed by atoms with Gasteiger partial charge in [0, 0.05) is 29.6 Å². The third-order valence-corrected chi connectivity index (χ3v) is 5.87. The number of benzene rings is 1. The van der Waals surface area contributed by atoms with Crippen molar-refractivity contribution in [1.29, 1.82) is 0 Å². The summed E-state index contributed by atoms with van der Waals surface area (Å²) in [4.78, 5) is 10.6. The molecule has 0 radical (unpaired) electrons. The van der Waals surface area contributed by atoms with Crippen LogP contribution in [0.3, 0.4) is 0 Å². The second kappa shape index (κ2) is 7.76. The lowest BCUT2D eigenvalue weighted by atomic mass is 9.85. The van der Waals surface area contributed by atoms with Crippen molar-refractivity contribution >= 4 is 0 Å². The van der Waals surface area contributed by atoms with Crippen LogP contribution in [0.15, 0.2) is 30.9 Å². The Hall–Kier alpha value is -2.72. The average molecular weight is 431 g/mol. The van der Waals surface area contributed by atoms with Crippen LogP contribution in [-0.2, 0) is 30.7 Å². The number of halogens is 2. The lowest BCUT2D eigenvalue weighted by Crippen LogP contribution is -2.53. The van der Waals surface area contributed by atoms with Gasteiger partial charge in [-0.3, -0.25) is 4.90 Å². The molecule has 166 valence electrons. The Morgan fingerprint density at radius 1 is 1.19 bits per heavy atom. The zero-order valence-corrected chi connectivity index (χ0v) is 18.1. The molecule has 8 nitrogen and oxygen atoms in total. The molecule has 1 aliphatic heterocycles. The van der Waals surface area contributed by atoms with Gasteiger partial charge in [0.2, 0.25) is 0 Å². The molecule has 1 N–H and O–H groups in total. The van der Waals surface area contributed by atoms with Crippen LogP contribution in [0.4, 0.5) is 8.78 Å². The minimum atomic E-state index is -1.68. The van der Waals surface area contributed by atoms with Crippen LogP contribution in [0, 0.1) is 11.6 Å². The summed E-state index contributed by atoms with van der Waals surface area (Å²) < 4.78 is 31.7. The van der Waals surface area contributed by atoms with Crippen molar-refractivity contribution in [3.8, 4) is 0 Å². The Bertz CT molecular complexity index is 1060. The summed E-state index contributed by atoms with van der Waals surface area (Å²) in [7, 11) is 0. The minimum Gasteiger partial charge on any atom is -0.381 e. The molecule has 3 aromatic rings. The maximum atomic E-state index is 14.8. The fourth-order valence-corrected chi connectivity index (χ4v) is 3.95. The highest BCUT2D eigenvalue weighted by Crippen LogP contribution is 2.34. The van der Waals surface area contributed by atoms with E-state index >= 15 is 0 Å². The van der Waals surface area contributed by atoms with Gasteiger partial charge < -0.3 is 5.11 Å². The fraction of sp³-hybridized carbons (Fsp3) is 0.524. The molecule has 0 aliphatic carbocycles. The lowest BCUT2D eigenvalue weighted by Gasteiger charge is -2.42. The Morgan fingerprint density at radius 3 is 2.61 bits per heavy atom. The highest BCUT2D eigenvalue weighted by molar-refractivity contribution is 5.27. The molecule has 0 spiro atoms. The molecule has 2 atom stereocenters. The Morgan fingerprint density at radius 2 is 1.97 bits per heavy atom. The van der Waals surface area contributed by atoms with E-state index in [-0.39, 0.29) is 17.5 Å². The normalized spacial score (nSPS) is 17.9. The highest BCUT2D eigenvalue weighted by Gasteiger charge is 2.43. The molecule has 0 saturated heterocycles. The third-order valence-electron chi connectivity index (χ3n) is 5.87. The van der Waals surface area contributed by atoms with Gasteiger partial charge in [-0.15, -0.1) is 0 Å². The third kappa shape index (κ3) is 4.09. The van der Waals surface area contributed by atoms with E-state index in [0.717, 1.165) is 23.8 Å². The number of aliphatic hydroxyl groups is 1. The van der Waals surface area contributed by atoms with E-state index in [0.29, 0.717) is 19.6 Å². The average Bonchev–Trinajstić information content (AvgIpc) is 3.35. The Kier molecular flexibility index (Phi) is 5.38. The molecule has 31 heavy (non-hydrogen) atoms. The van der Waals surface area contributed by atoms with Gasteiger partial charge in [-0.05, 0) is 13.0 Å². The molecular formula is C21H27F2N7O. The zero-order chi connectivity index (χ0) is 22.4. The molecule has 0 saturated carbocycles. The summed E-state index contributed by atoms with van der Waals surface area (Å²) in [6.07, 6.45) is 2.81. The largest absolute Gasteiger partial charge is 0.381 e. The van der Waals surface area contributed by atoms with Crippen molar-refractivity contribution in [2.75, 3.05) is 6.54 Å². The number of rotatable bonds is 5. The second-order valence-corrected chi connectivity index (χ2v) is 9.11. The van der Waals surface area contributed by atoms with Crippen LogP contribution >= 0.6 is 0 Å². The van der Waals surface area contributed by atoms with Crippen molar-refractivity contribution in [2.24, 2.45) is 0 Å². The first-order chi connectivity index (χ1) is 14.6. The van der Waals surface area contributed by atoms with E-state index in [1.165, 1.54) is 23.4 Å². The van der Waals surface area contributed by atoms with E-state index < -0.39 is 23.3 Å². The second-order valence-electron chi connectivity index (χ2n) is 9.11. The highest BCUT2D eigenvalue weighted by atomic mass is 19.1. The van der Waals surface area contributed by atoms with E-state index in [9.17, 15) is 13.9 Å². The quantitative estimate of drug-likeness (QED) is 0.667. The van der Waals surface area contributed by atoms with E-state index in [4.69, 9.17) is 4.98 Å². The van der Waals surface area contributed by atoms with Crippen molar-refractivity contribution in [3.05, 3.63) is 59.7 Å². The molecule has 0 unspecified atom stereocenters. The van der Waals surface area contributed by atoms with Gasteiger partial charge in [0.1, 0.15) is 35.7 Å². The van der Waals surface area contributed by atoms with Crippen molar-refractivity contribution in [3.63, 3.8) is 0 Å². The first kappa shape index (κ1) is 21.5. The number of nitrogens with zero attached hydrogens (tertiary/aromatic N) is 7. The van der Waals surface area contributed by atoms with Crippen molar-refractivity contribution < 1.29 is 13.9 Å². The molecule has 0 fully saturated rings. The number of hydrogen-bond donors (Lipinski definition) is 1. The van der Waals surface area contributed by atoms with Gasteiger partial charge in [0.15, 0.2) is 5.82 Å². The predicted molar refractivity (Wildman–Crippen MR) is 109 cm³/mol. The van der Waals surface area contributed by atoms with Gasteiger partial charge in [-0.1, -0.05) is 26.8 Å². The molecule has 2 aromatic heterocycles. The number of fused-ring (bicyclic) bond motifs is 1. The number of hydrogen-bond acceptors (Lipinski definition) is 6. The summed E-state index contributed by atoms with van der Waals surface area (Å²) in [5.41, 5.74) is -1.84. The Balaban J connectivity index is 1.68. The van der Waals surface area contributed by atoms with Crippen LogP contribution in [0.25, 0.3) is 0 Å². The van der Waals surface area contributed by atoms with E-state index in [2.05, 4.69) is 36.0 Å². The summed E-state index contributed by atoms with van der Waals surface area (Å²) in [6.45, 7) is 9.63. The van der Waals surface area contributed by atoms with Gasteiger partial charge in [0.25, 0.3) is 0 Å². The van der Waals surface area contributed by atoms with Gasteiger partial charge >= 0.3 is 0 Å². The number of aromatic nitrogens is 6. The standard InChI is InChI=1S/C21H27F2N7O/c1-14(28-7-8-30-18(10-28)26-19(27-30)20(2,3)4)21(31,11-29-13-24-12-25-29)16-6-5-15(22)9-17(16)23/h5-6,9,12-14,31H,7-8,10-11H2,1-4H3/t14-,21-/m1/s1. The summed E-state index contributed by atoms with van der Waals surface area (Å²) in [5.74, 6) is 0.0626. The zero-order valence-electron chi connectivity index (χ0n) is 18.1. The van der Waals surface area contributed by atoms with Crippen LogP contribution in [0.5, 0.6) is 0 Å². The minimum absolute atomic E-state index is 0.0133. The monoisotopic (exact) mass is 431 g/mol. The lowest BCUT2D eigenvalue weighted by molar-refractivity contribution is -0.0714. The van der Waals surface area contributed by atoms with Gasteiger partial charge in [-0.2, -0.15) is 10.2 Å². The molecule has 1 aliphatic rings. The van der Waals surface area contributed by atoms with Crippen molar-refractivity contribution in [2.45, 2.75) is 64.4 Å². The Labute approximate surface area is 179 Å². The maximum absolute atomic E-state index is 14.8. The molecule has 0 bridgehead atoms. The van der Waals surface area contributed by atoms with Crippen molar-refractivity contribution in [1.82, 2.24) is 34.4 Å². The SMILES string of the molecule is C[C@@H](N1CCn2nc(C(C)(C)C)nc2C1)[C@](O)(Cn1cncn1)c1ccc(F)cc1F. The maximum Gasteiger partial charge on any atom is 0.156 e. The van der Waals surface area contributed by atoms with Crippen LogP contribution < -0.4 is 0 Å². The van der Waals surface area contributed by atoms with Gasteiger partial charge in [0.05, 0.1) is 19.6 Å². The first-order valence-electron chi connectivity index (χ1n) is 10.3. The summed E-state index contributed by atoms with van der Waals surface area (Å²) >= 11 is 0. The summed E-state index contributed by atoms with van der Waals surface area (Å²) in [5, 5.41) is 20.5. The first-order valence-corrected chi connectivity index (χ1v) is 10.3. The molecule has 4 rings (SSSR count). The molecule has 0 amide bonds. The predicted octanol–water partition coefficient (Wildman–Crippen LogP) is 2.24. The van der Waals surface area contributed by atoms with Crippen LogP contribution in [-0.4, -0.2) is 52.1 Å². The topological polar surface area (TPSA) is 84.9 Å². The fourth-order valence-electron chi connectivity index (χ4n) is 3.95. The molecular weight excluding hydrogens is 404 g/mol. The van der Waals surface area contributed by atoms with Crippen LogP contribution in [0.2, 0.25) is 0 Å². The van der Waals surface area contributed by atoms with E-state index in [1.54, 1.807) is 0 Å². The van der Waals surface area contributed by atoms with Crippen LogP contribution in [0.1, 0.15) is 44.9 Å². The van der Waals surface area contributed by atoms with Gasteiger partial charge in [-0.25, -0.2) is 28.1 Å². The van der Waals surface area contributed by atoms with E-state index in [1.807, 2.05) is 16.5 Å². The molecule has 10 heteroatoms.